The van der Waals surface area contributed by atoms with Crippen molar-refractivity contribution in [3.8, 4) is 0 Å². The summed E-state index contributed by atoms with van der Waals surface area (Å²) in [5, 5.41) is 0. The van der Waals surface area contributed by atoms with Crippen molar-refractivity contribution >= 4 is 5.95 Å². The van der Waals surface area contributed by atoms with E-state index < -0.39 is 0 Å². The maximum absolute atomic E-state index is 5.64. The van der Waals surface area contributed by atoms with Crippen LogP contribution < -0.4 is 10.6 Å². The summed E-state index contributed by atoms with van der Waals surface area (Å²) in [7, 11) is 2.05. The SMILES string of the molecule is Cc1cc(CN)nc(N(C)CCN2CCCC2)n1. The standard InChI is InChI=1S/C13H23N5/c1-11-9-12(10-14)16-13(15-11)17(2)7-8-18-5-3-4-6-18/h9H,3-8,10,14H2,1-2H3. The molecule has 18 heavy (non-hydrogen) atoms. The molecule has 0 bridgehead atoms. The molecule has 0 radical (unpaired) electrons. The van der Waals surface area contributed by atoms with Gasteiger partial charge in [0, 0.05) is 32.4 Å². The number of likely N-dealkylation sites (tertiary alicyclic amines) is 1. The third kappa shape index (κ3) is 3.40. The van der Waals surface area contributed by atoms with E-state index in [4.69, 9.17) is 5.73 Å². The molecule has 1 aliphatic rings. The van der Waals surface area contributed by atoms with Gasteiger partial charge in [0.1, 0.15) is 0 Å². The van der Waals surface area contributed by atoms with Gasteiger partial charge >= 0.3 is 0 Å². The number of rotatable bonds is 5. The van der Waals surface area contributed by atoms with E-state index >= 15 is 0 Å². The lowest BCUT2D eigenvalue weighted by Gasteiger charge is -2.22. The maximum Gasteiger partial charge on any atom is 0.225 e. The molecule has 2 rings (SSSR count). The molecular weight excluding hydrogens is 226 g/mol. The van der Waals surface area contributed by atoms with Gasteiger partial charge in [-0.1, -0.05) is 0 Å². The lowest BCUT2D eigenvalue weighted by molar-refractivity contribution is 0.346. The normalized spacial score (nSPS) is 16.2. The van der Waals surface area contributed by atoms with E-state index in [-0.39, 0.29) is 0 Å². The van der Waals surface area contributed by atoms with Gasteiger partial charge in [0.25, 0.3) is 0 Å². The second-order valence-electron chi connectivity index (χ2n) is 4.98. The Bertz CT molecular complexity index is 387. The Morgan fingerprint density at radius 1 is 1.33 bits per heavy atom. The lowest BCUT2D eigenvalue weighted by Crippen LogP contribution is -2.32. The highest BCUT2D eigenvalue weighted by atomic mass is 15.3. The zero-order chi connectivity index (χ0) is 13.0. The molecule has 0 unspecified atom stereocenters. The van der Waals surface area contributed by atoms with E-state index in [0.717, 1.165) is 30.4 Å². The first-order chi connectivity index (χ1) is 8.69. The molecule has 5 nitrogen and oxygen atoms in total. The van der Waals surface area contributed by atoms with Crippen molar-refractivity contribution in [1.82, 2.24) is 14.9 Å². The molecule has 1 aromatic heterocycles. The summed E-state index contributed by atoms with van der Waals surface area (Å²) in [6, 6.07) is 1.94. The molecule has 5 heteroatoms. The molecule has 0 spiro atoms. The number of aryl methyl sites for hydroxylation is 1. The van der Waals surface area contributed by atoms with Crippen LogP contribution in [0.3, 0.4) is 0 Å². The highest BCUT2D eigenvalue weighted by molar-refractivity contribution is 5.31. The van der Waals surface area contributed by atoms with Gasteiger partial charge in [-0.2, -0.15) is 0 Å². The Morgan fingerprint density at radius 2 is 2.06 bits per heavy atom. The molecule has 0 aromatic carbocycles. The first-order valence-electron chi connectivity index (χ1n) is 6.67. The Labute approximate surface area is 109 Å². The lowest BCUT2D eigenvalue weighted by atomic mass is 10.3. The number of hydrogen-bond acceptors (Lipinski definition) is 5. The van der Waals surface area contributed by atoms with Crippen LogP contribution >= 0.6 is 0 Å². The Morgan fingerprint density at radius 3 is 2.72 bits per heavy atom. The molecule has 0 aliphatic carbocycles. The predicted molar refractivity (Wildman–Crippen MR) is 73.6 cm³/mol. The van der Waals surface area contributed by atoms with Crippen LogP contribution in [0.5, 0.6) is 0 Å². The first kappa shape index (κ1) is 13.2. The van der Waals surface area contributed by atoms with Crippen molar-refractivity contribution in [2.45, 2.75) is 26.3 Å². The second-order valence-corrected chi connectivity index (χ2v) is 4.98. The van der Waals surface area contributed by atoms with Crippen LogP contribution in [0.15, 0.2) is 6.07 Å². The molecule has 2 heterocycles. The number of likely N-dealkylation sites (N-methyl/N-ethyl adjacent to an activating group) is 1. The quantitative estimate of drug-likeness (QED) is 0.835. The first-order valence-corrected chi connectivity index (χ1v) is 6.67. The van der Waals surface area contributed by atoms with Crippen molar-refractivity contribution in [2.24, 2.45) is 5.73 Å². The maximum atomic E-state index is 5.64. The zero-order valence-corrected chi connectivity index (χ0v) is 11.4. The van der Waals surface area contributed by atoms with E-state index in [1.807, 2.05) is 20.0 Å². The van der Waals surface area contributed by atoms with Gasteiger partial charge in [-0.3, -0.25) is 0 Å². The van der Waals surface area contributed by atoms with Crippen LogP contribution in [0.4, 0.5) is 5.95 Å². The molecule has 1 saturated heterocycles. The van der Waals surface area contributed by atoms with Crippen LogP contribution in [0.1, 0.15) is 24.2 Å². The van der Waals surface area contributed by atoms with Crippen LogP contribution in [0.25, 0.3) is 0 Å². The molecule has 1 fully saturated rings. The van der Waals surface area contributed by atoms with Crippen molar-refractivity contribution in [3.63, 3.8) is 0 Å². The largest absolute Gasteiger partial charge is 0.343 e. The molecule has 0 amide bonds. The fraction of sp³-hybridized carbons (Fsp3) is 0.692. The molecule has 0 saturated carbocycles. The number of nitrogens with zero attached hydrogens (tertiary/aromatic N) is 4. The minimum Gasteiger partial charge on any atom is -0.343 e. The Hall–Kier alpha value is -1.20. The van der Waals surface area contributed by atoms with Crippen LogP contribution in [0, 0.1) is 6.92 Å². The Kier molecular flexibility index (Phi) is 4.49. The monoisotopic (exact) mass is 249 g/mol. The molecule has 2 N–H and O–H groups in total. The fourth-order valence-electron chi connectivity index (χ4n) is 2.29. The summed E-state index contributed by atoms with van der Waals surface area (Å²) in [4.78, 5) is 13.5. The van der Waals surface area contributed by atoms with E-state index in [9.17, 15) is 0 Å². The number of anilines is 1. The van der Waals surface area contributed by atoms with Crippen molar-refractivity contribution < 1.29 is 0 Å². The van der Waals surface area contributed by atoms with Gasteiger partial charge in [0.05, 0.1) is 5.69 Å². The van der Waals surface area contributed by atoms with E-state index in [1.54, 1.807) is 0 Å². The smallest absolute Gasteiger partial charge is 0.225 e. The number of aromatic nitrogens is 2. The zero-order valence-electron chi connectivity index (χ0n) is 11.4. The van der Waals surface area contributed by atoms with Gasteiger partial charge in [-0.25, -0.2) is 9.97 Å². The highest BCUT2D eigenvalue weighted by Crippen LogP contribution is 2.10. The summed E-state index contributed by atoms with van der Waals surface area (Å²) in [6.45, 7) is 6.97. The second kappa shape index (κ2) is 6.11. The van der Waals surface area contributed by atoms with Crippen LogP contribution in [-0.2, 0) is 6.54 Å². The summed E-state index contributed by atoms with van der Waals surface area (Å²) in [5.74, 6) is 0.787. The molecular formula is C13H23N5. The third-order valence-corrected chi connectivity index (χ3v) is 3.40. The number of nitrogens with two attached hydrogens (primary N) is 1. The average molecular weight is 249 g/mol. The minimum atomic E-state index is 0.469. The van der Waals surface area contributed by atoms with E-state index in [1.165, 1.54) is 25.9 Å². The summed E-state index contributed by atoms with van der Waals surface area (Å²) in [6.07, 6.45) is 2.67. The summed E-state index contributed by atoms with van der Waals surface area (Å²) in [5.41, 5.74) is 7.53. The van der Waals surface area contributed by atoms with Gasteiger partial charge < -0.3 is 15.5 Å². The van der Waals surface area contributed by atoms with Gasteiger partial charge in [0.2, 0.25) is 5.95 Å². The molecule has 0 atom stereocenters. The van der Waals surface area contributed by atoms with Crippen LogP contribution in [0.2, 0.25) is 0 Å². The molecule has 1 aliphatic heterocycles. The fourth-order valence-corrected chi connectivity index (χ4v) is 2.29. The van der Waals surface area contributed by atoms with Gasteiger partial charge in [0.15, 0.2) is 0 Å². The average Bonchev–Trinajstić information content (AvgIpc) is 2.88. The minimum absolute atomic E-state index is 0.469. The Balaban J connectivity index is 1.94. The topological polar surface area (TPSA) is 58.3 Å². The highest BCUT2D eigenvalue weighted by Gasteiger charge is 2.13. The van der Waals surface area contributed by atoms with E-state index in [2.05, 4.69) is 19.8 Å². The predicted octanol–water partition coefficient (Wildman–Crippen LogP) is 0.776. The summed E-state index contributed by atoms with van der Waals surface area (Å²) < 4.78 is 0. The van der Waals surface area contributed by atoms with E-state index in [0.29, 0.717) is 6.54 Å². The third-order valence-electron chi connectivity index (χ3n) is 3.40. The van der Waals surface area contributed by atoms with Crippen LogP contribution in [-0.4, -0.2) is 48.1 Å². The summed E-state index contributed by atoms with van der Waals surface area (Å²) >= 11 is 0. The molecule has 100 valence electrons. The van der Waals surface area contributed by atoms with Gasteiger partial charge in [-0.05, 0) is 38.9 Å². The van der Waals surface area contributed by atoms with Crippen molar-refractivity contribution in [2.75, 3.05) is 38.1 Å². The molecule has 1 aromatic rings. The van der Waals surface area contributed by atoms with Crippen molar-refractivity contribution in [1.29, 1.82) is 0 Å². The number of hydrogen-bond donors (Lipinski definition) is 1. The van der Waals surface area contributed by atoms with Crippen molar-refractivity contribution in [3.05, 3.63) is 17.5 Å². The van der Waals surface area contributed by atoms with Gasteiger partial charge in [-0.15, -0.1) is 0 Å².